The molecule has 1 saturated heterocycles. The van der Waals surface area contributed by atoms with Crippen LogP contribution in [0.4, 0.5) is 4.39 Å². The third-order valence-electron chi connectivity index (χ3n) is 6.45. The van der Waals surface area contributed by atoms with E-state index in [9.17, 15) is 18.8 Å². The molecular formula is C30H31FO7S. The zero-order chi connectivity index (χ0) is 28.1. The molecule has 9 heteroatoms. The van der Waals surface area contributed by atoms with E-state index in [-0.39, 0.29) is 18.8 Å². The van der Waals surface area contributed by atoms with Crippen molar-refractivity contribution >= 4 is 29.2 Å². The molecule has 1 fully saturated rings. The van der Waals surface area contributed by atoms with Gasteiger partial charge in [0.25, 0.3) is 0 Å². The minimum absolute atomic E-state index is 0.0174. The summed E-state index contributed by atoms with van der Waals surface area (Å²) in [7, 11) is 0. The van der Waals surface area contributed by atoms with E-state index < -0.39 is 42.3 Å². The molecule has 39 heavy (non-hydrogen) atoms. The van der Waals surface area contributed by atoms with Crippen molar-refractivity contribution in [3.63, 3.8) is 0 Å². The molecule has 0 radical (unpaired) electrons. The van der Waals surface area contributed by atoms with Gasteiger partial charge in [-0.3, -0.25) is 14.4 Å². The third-order valence-corrected chi connectivity index (χ3v) is 7.58. The summed E-state index contributed by atoms with van der Waals surface area (Å²) in [6.45, 7) is 5.90. The fourth-order valence-corrected chi connectivity index (χ4v) is 5.70. The van der Waals surface area contributed by atoms with Gasteiger partial charge in [-0.2, -0.15) is 0 Å². The van der Waals surface area contributed by atoms with Gasteiger partial charge in [-0.05, 0) is 53.4 Å². The van der Waals surface area contributed by atoms with E-state index >= 15 is 0 Å². The Bertz CT molecular complexity index is 1330. The molecule has 1 aliphatic rings. The van der Waals surface area contributed by atoms with Crippen LogP contribution in [0.3, 0.4) is 0 Å². The maximum absolute atomic E-state index is 13.3. The minimum atomic E-state index is -0.873. The normalized spacial score (nSPS) is 20.7. The summed E-state index contributed by atoms with van der Waals surface area (Å²) in [6.07, 6.45) is -2.09. The molecular weight excluding hydrogens is 523 g/mol. The molecule has 3 unspecified atom stereocenters. The molecule has 0 saturated carbocycles. The van der Waals surface area contributed by atoms with Crippen molar-refractivity contribution in [3.8, 4) is 10.4 Å². The summed E-state index contributed by atoms with van der Waals surface area (Å²) in [4.78, 5) is 37.5. The Morgan fingerprint density at radius 2 is 1.67 bits per heavy atom. The summed E-state index contributed by atoms with van der Waals surface area (Å²) < 4.78 is 36.0. The lowest BCUT2D eigenvalue weighted by molar-refractivity contribution is -0.214. The second kappa shape index (κ2) is 12.5. The average Bonchev–Trinajstić information content (AvgIpc) is 3.33. The number of carbonyl (C=O) groups is 3. The number of thiophene rings is 1. The van der Waals surface area contributed by atoms with Crippen LogP contribution in [-0.2, 0) is 39.8 Å². The molecule has 206 valence electrons. The number of aryl methyl sites for hydroxylation is 1. The van der Waals surface area contributed by atoms with Crippen LogP contribution < -0.4 is 0 Å². The van der Waals surface area contributed by atoms with Crippen LogP contribution >= 0.6 is 11.3 Å². The zero-order valence-corrected chi connectivity index (χ0v) is 23.1. The molecule has 2 aromatic carbocycles. The van der Waals surface area contributed by atoms with Gasteiger partial charge in [0.05, 0.1) is 6.10 Å². The van der Waals surface area contributed by atoms with Gasteiger partial charge >= 0.3 is 17.9 Å². The first-order valence-corrected chi connectivity index (χ1v) is 13.5. The highest BCUT2D eigenvalue weighted by molar-refractivity contribution is 7.15. The minimum Gasteiger partial charge on any atom is -0.463 e. The summed E-state index contributed by atoms with van der Waals surface area (Å²) >= 11 is 1.63. The van der Waals surface area contributed by atoms with Crippen LogP contribution in [0.5, 0.6) is 0 Å². The second-order valence-corrected chi connectivity index (χ2v) is 10.7. The Morgan fingerprint density at radius 3 is 2.33 bits per heavy atom. The van der Waals surface area contributed by atoms with Crippen LogP contribution in [0, 0.1) is 12.7 Å². The average molecular weight is 555 g/mol. The number of benzene rings is 2. The van der Waals surface area contributed by atoms with Gasteiger partial charge in [0.15, 0.2) is 6.10 Å². The lowest BCUT2D eigenvalue weighted by atomic mass is 9.90. The Balaban J connectivity index is 1.62. The van der Waals surface area contributed by atoms with Gasteiger partial charge in [0.2, 0.25) is 0 Å². The third kappa shape index (κ3) is 7.52. The van der Waals surface area contributed by atoms with Crippen LogP contribution in [-0.4, -0.2) is 42.8 Å². The highest BCUT2D eigenvalue weighted by atomic mass is 32.1. The van der Waals surface area contributed by atoms with Crippen molar-refractivity contribution in [1.82, 2.24) is 0 Å². The molecule has 3 aromatic rings. The molecule has 0 N–H and O–H groups in total. The maximum Gasteiger partial charge on any atom is 0.303 e. The molecule has 7 nitrogen and oxygen atoms in total. The van der Waals surface area contributed by atoms with Gasteiger partial charge in [-0.15, -0.1) is 11.3 Å². The van der Waals surface area contributed by atoms with Crippen LogP contribution in [0.25, 0.3) is 10.4 Å². The first kappa shape index (κ1) is 28.4. The van der Waals surface area contributed by atoms with Gasteiger partial charge in [0, 0.05) is 43.4 Å². The second-order valence-electron chi connectivity index (χ2n) is 9.57. The first-order valence-electron chi connectivity index (χ1n) is 12.7. The summed E-state index contributed by atoms with van der Waals surface area (Å²) in [5.74, 6) is -1.76. The van der Waals surface area contributed by atoms with Crippen molar-refractivity contribution in [2.45, 2.75) is 65.0 Å². The number of halogens is 1. The maximum atomic E-state index is 13.3. The van der Waals surface area contributed by atoms with E-state index in [0.717, 1.165) is 32.0 Å². The van der Waals surface area contributed by atoms with Gasteiger partial charge in [-0.1, -0.05) is 30.3 Å². The highest BCUT2D eigenvalue weighted by Crippen LogP contribution is 2.37. The van der Waals surface area contributed by atoms with E-state index in [2.05, 4.69) is 6.07 Å². The molecule has 4 rings (SSSR count). The van der Waals surface area contributed by atoms with Crippen LogP contribution in [0.1, 0.15) is 54.9 Å². The molecule has 2 heterocycles. The molecule has 1 aliphatic heterocycles. The smallest absolute Gasteiger partial charge is 0.303 e. The summed E-state index contributed by atoms with van der Waals surface area (Å²) in [5, 5.41) is 0. The number of esters is 3. The van der Waals surface area contributed by atoms with Crippen LogP contribution in [0.2, 0.25) is 0 Å². The quantitative estimate of drug-likeness (QED) is 0.260. The van der Waals surface area contributed by atoms with E-state index in [1.807, 2.05) is 31.2 Å². The fraction of sp³-hybridized carbons (Fsp3) is 0.367. The molecule has 0 spiro atoms. The van der Waals surface area contributed by atoms with Crippen molar-refractivity contribution in [1.29, 1.82) is 0 Å². The number of hydrogen-bond donors (Lipinski definition) is 0. The van der Waals surface area contributed by atoms with E-state index in [4.69, 9.17) is 18.9 Å². The standard InChI is InChI=1S/C30H31FO7S/c1-17-5-6-22(13-23(17)14-26-11-12-28(39-26)21-7-9-24(31)10-8-21)29-30(37-20(4)34)27(36-19(3)33)15-25(38-29)16-35-18(2)32/h5-13,25,27,29-30H,14-16H2,1-4H3/t25?,27?,29?,30-/m1/s1. The van der Waals surface area contributed by atoms with Crippen molar-refractivity contribution in [2.24, 2.45) is 0 Å². The lowest BCUT2D eigenvalue weighted by Crippen LogP contribution is -2.49. The lowest BCUT2D eigenvalue weighted by Gasteiger charge is -2.40. The Labute approximate surface area is 230 Å². The monoisotopic (exact) mass is 554 g/mol. The van der Waals surface area contributed by atoms with Crippen molar-refractivity contribution < 1.29 is 37.7 Å². The predicted octanol–water partition coefficient (Wildman–Crippen LogP) is 5.71. The van der Waals surface area contributed by atoms with Crippen LogP contribution in [0.15, 0.2) is 54.6 Å². The Morgan fingerprint density at radius 1 is 0.949 bits per heavy atom. The van der Waals surface area contributed by atoms with E-state index in [1.165, 1.54) is 32.9 Å². The topological polar surface area (TPSA) is 88.1 Å². The first-order chi connectivity index (χ1) is 18.6. The van der Waals surface area contributed by atoms with Crippen molar-refractivity contribution in [2.75, 3.05) is 6.61 Å². The SMILES string of the molecule is CC(=O)OCC1CC(OC(C)=O)[C@@H](OC(C)=O)C(c2ccc(C)c(Cc3ccc(-c4ccc(F)cc4)s3)c2)O1. The zero-order valence-electron chi connectivity index (χ0n) is 22.3. The number of rotatable bonds is 8. The largest absolute Gasteiger partial charge is 0.463 e. The Kier molecular flexibility index (Phi) is 9.14. The molecule has 0 amide bonds. The Hall–Kier alpha value is -3.56. The molecule has 4 atom stereocenters. The van der Waals surface area contributed by atoms with E-state index in [0.29, 0.717) is 6.42 Å². The van der Waals surface area contributed by atoms with E-state index in [1.54, 1.807) is 23.5 Å². The van der Waals surface area contributed by atoms with Gasteiger partial charge in [0.1, 0.15) is 24.6 Å². The predicted molar refractivity (Wildman–Crippen MR) is 144 cm³/mol. The highest BCUT2D eigenvalue weighted by Gasteiger charge is 2.44. The number of carbonyl (C=O) groups excluding carboxylic acids is 3. The molecule has 0 aliphatic carbocycles. The number of ether oxygens (including phenoxy) is 4. The summed E-state index contributed by atoms with van der Waals surface area (Å²) in [5.41, 5.74) is 3.83. The number of hydrogen-bond acceptors (Lipinski definition) is 8. The molecule has 1 aromatic heterocycles. The van der Waals surface area contributed by atoms with Crippen molar-refractivity contribution in [3.05, 3.63) is 82.0 Å². The fourth-order valence-electron chi connectivity index (χ4n) is 4.66. The molecule has 0 bridgehead atoms. The summed E-state index contributed by atoms with van der Waals surface area (Å²) in [6, 6.07) is 16.4. The van der Waals surface area contributed by atoms with Gasteiger partial charge in [-0.25, -0.2) is 4.39 Å². The van der Waals surface area contributed by atoms with Gasteiger partial charge < -0.3 is 18.9 Å².